The van der Waals surface area contributed by atoms with Crippen molar-refractivity contribution in [2.75, 3.05) is 6.61 Å². The zero-order valence-electron chi connectivity index (χ0n) is 7.83. The summed E-state index contributed by atoms with van der Waals surface area (Å²) in [5.41, 5.74) is 0.147. The molecule has 0 saturated carbocycles. The van der Waals surface area contributed by atoms with E-state index in [9.17, 15) is 4.79 Å². The second-order valence-electron chi connectivity index (χ2n) is 4.37. The molecule has 0 N–H and O–H groups in total. The lowest BCUT2D eigenvalue weighted by Crippen LogP contribution is -2.37. The average molecular weight is 169 g/mol. The summed E-state index contributed by atoms with van der Waals surface area (Å²) in [5.74, 6) is 0. The third kappa shape index (κ3) is 0.853. The molecule has 0 aromatic rings. The Morgan fingerprint density at radius 1 is 1.67 bits per heavy atom. The Balaban J connectivity index is 2.17. The lowest BCUT2D eigenvalue weighted by Gasteiger charge is -2.28. The van der Waals surface area contributed by atoms with E-state index in [1.807, 2.05) is 4.90 Å². The smallest absolute Gasteiger partial charge is 0.410 e. The van der Waals surface area contributed by atoms with Crippen LogP contribution in [0.25, 0.3) is 0 Å². The Kier molecular flexibility index (Phi) is 1.41. The molecule has 0 spiro atoms. The monoisotopic (exact) mass is 169 g/mol. The van der Waals surface area contributed by atoms with Gasteiger partial charge in [-0.1, -0.05) is 20.8 Å². The number of hydrogen-bond acceptors (Lipinski definition) is 2. The van der Waals surface area contributed by atoms with Gasteiger partial charge in [-0.15, -0.1) is 0 Å². The van der Waals surface area contributed by atoms with E-state index < -0.39 is 0 Å². The van der Waals surface area contributed by atoms with Crippen LogP contribution in [0.4, 0.5) is 4.79 Å². The standard InChI is InChI=1S/C9H15NO2/c1-4-6-7-9(2,3)5-12-8(11)10(6)7/h6-7H,4-5H2,1-3H3. The van der Waals surface area contributed by atoms with E-state index in [4.69, 9.17) is 4.74 Å². The molecular weight excluding hydrogens is 154 g/mol. The number of hydrogen-bond donors (Lipinski definition) is 0. The predicted octanol–water partition coefficient (Wildman–Crippen LogP) is 1.63. The largest absolute Gasteiger partial charge is 0.449 e. The SMILES string of the molecule is CCC1C2N1C(=O)OCC2(C)C. The molecule has 0 aliphatic carbocycles. The maximum Gasteiger partial charge on any atom is 0.410 e. The summed E-state index contributed by atoms with van der Waals surface area (Å²) in [5, 5.41) is 0. The maximum atomic E-state index is 11.2. The van der Waals surface area contributed by atoms with Crippen molar-refractivity contribution in [1.82, 2.24) is 4.90 Å². The molecular formula is C9H15NO2. The fourth-order valence-corrected chi connectivity index (χ4v) is 2.25. The van der Waals surface area contributed by atoms with Gasteiger partial charge in [0, 0.05) is 5.41 Å². The third-order valence-electron chi connectivity index (χ3n) is 2.93. The van der Waals surface area contributed by atoms with Crippen LogP contribution in [0.3, 0.4) is 0 Å². The molecule has 2 aliphatic heterocycles. The van der Waals surface area contributed by atoms with Crippen LogP contribution in [0.15, 0.2) is 0 Å². The highest BCUT2D eigenvalue weighted by Crippen LogP contribution is 2.47. The first-order valence-electron chi connectivity index (χ1n) is 4.53. The van der Waals surface area contributed by atoms with Gasteiger partial charge in [0.05, 0.1) is 12.1 Å². The molecule has 3 nitrogen and oxygen atoms in total. The van der Waals surface area contributed by atoms with E-state index in [1.165, 1.54) is 0 Å². The van der Waals surface area contributed by atoms with Crippen LogP contribution in [0, 0.1) is 5.41 Å². The van der Waals surface area contributed by atoms with Gasteiger partial charge in [0.15, 0.2) is 0 Å². The minimum absolute atomic E-state index is 0.119. The molecule has 12 heavy (non-hydrogen) atoms. The van der Waals surface area contributed by atoms with Gasteiger partial charge in [0.2, 0.25) is 0 Å². The zero-order valence-corrected chi connectivity index (χ0v) is 7.83. The number of cyclic esters (lactones) is 1. The van der Waals surface area contributed by atoms with Crippen LogP contribution >= 0.6 is 0 Å². The minimum Gasteiger partial charge on any atom is -0.449 e. The zero-order chi connectivity index (χ0) is 8.93. The fourth-order valence-electron chi connectivity index (χ4n) is 2.25. The molecule has 2 heterocycles. The van der Waals surface area contributed by atoms with Gasteiger partial charge in [0.25, 0.3) is 0 Å². The van der Waals surface area contributed by atoms with E-state index in [1.54, 1.807) is 0 Å². The van der Waals surface area contributed by atoms with Crippen LogP contribution < -0.4 is 0 Å². The maximum absolute atomic E-state index is 11.2. The highest BCUT2D eigenvalue weighted by atomic mass is 16.6. The van der Waals surface area contributed by atoms with Crippen molar-refractivity contribution in [2.45, 2.75) is 39.3 Å². The normalized spacial score (nSPS) is 37.2. The van der Waals surface area contributed by atoms with Crippen LogP contribution in [-0.2, 0) is 4.74 Å². The molecule has 2 aliphatic rings. The number of carbonyl (C=O) groups excluding carboxylic acids is 1. The van der Waals surface area contributed by atoms with E-state index >= 15 is 0 Å². The Labute approximate surface area is 72.7 Å². The molecule has 68 valence electrons. The molecule has 2 saturated heterocycles. The number of amides is 1. The predicted molar refractivity (Wildman–Crippen MR) is 44.8 cm³/mol. The van der Waals surface area contributed by atoms with Crippen LogP contribution in [0.2, 0.25) is 0 Å². The molecule has 3 heteroatoms. The molecule has 2 fully saturated rings. The van der Waals surface area contributed by atoms with Crippen molar-refractivity contribution in [3.05, 3.63) is 0 Å². The van der Waals surface area contributed by atoms with Crippen LogP contribution in [0.5, 0.6) is 0 Å². The van der Waals surface area contributed by atoms with Gasteiger partial charge in [-0.05, 0) is 6.42 Å². The van der Waals surface area contributed by atoms with Gasteiger partial charge in [-0.2, -0.15) is 0 Å². The van der Waals surface area contributed by atoms with E-state index in [2.05, 4.69) is 20.8 Å². The summed E-state index contributed by atoms with van der Waals surface area (Å²) in [4.78, 5) is 13.1. The molecule has 0 aromatic carbocycles. The van der Waals surface area contributed by atoms with Crippen LogP contribution in [0.1, 0.15) is 27.2 Å². The average Bonchev–Trinajstić information content (AvgIpc) is 2.73. The van der Waals surface area contributed by atoms with Gasteiger partial charge in [-0.3, -0.25) is 4.90 Å². The summed E-state index contributed by atoms with van der Waals surface area (Å²) >= 11 is 0. The Hall–Kier alpha value is -0.730. The Morgan fingerprint density at radius 3 is 2.83 bits per heavy atom. The van der Waals surface area contributed by atoms with E-state index in [0.29, 0.717) is 18.7 Å². The van der Waals surface area contributed by atoms with Crippen molar-refractivity contribution >= 4 is 6.09 Å². The van der Waals surface area contributed by atoms with Crippen molar-refractivity contribution in [1.29, 1.82) is 0 Å². The fraction of sp³-hybridized carbons (Fsp3) is 0.889. The number of fused-ring (bicyclic) bond motifs is 1. The number of carbonyl (C=O) groups is 1. The number of ether oxygens (including phenoxy) is 1. The second kappa shape index (κ2) is 2.15. The quantitative estimate of drug-likeness (QED) is 0.558. The first-order valence-corrected chi connectivity index (χ1v) is 4.53. The first-order chi connectivity index (χ1) is 5.58. The Bertz CT molecular complexity index is 225. The molecule has 0 aromatic heterocycles. The van der Waals surface area contributed by atoms with Gasteiger partial charge in [-0.25, -0.2) is 4.79 Å². The van der Waals surface area contributed by atoms with Gasteiger partial charge < -0.3 is 4.74 Å². The molecule has 1 amide bonds. The number of rotatable bonds is 1. The van der Waals surface area contributed by atoms with Crippen molar-refractivity contribution < 1.29 is 9.53 Å². The lowest BCUT2D eigenvalue weighted by atomic mass is 9.87. The van der Waals surface area contributed by atoms with E-state index in [-0.39, 0.29) is 11.5 Å². The number of nitrogens with zero attached hydrogens (tertiary/aromatic N) is 1. The summed E-state index contributed by atoms with van der Waals surface area (Å²) < 4.78 is 5.07. The van der Waals surface area contributed by atoms with Crippen molar-refractivity contribution in [2.24, 2.45) is 5.41 Å². The first kappa shape index (κ1) is 7.90. The highest BCUT2D eigenvalue weighted by Gasteiger charge is 2.61. The minimum atomic E-state index is -0.119. The van der Waals surface area contributed by atoms with Crippen molar-refractivity contribution in [3.8, 4) is 0 Å². The molecule has 2 unspecified atom stereocenters. The second-order valence-corrected chi connectivity index (χ2v) is 4.37. The molecule has 0 radical (unpaired) electrons. The summed E-state index contributed by atoms with van der Waals surface area (Å²) in [6.07, 6.45) is 0.926. The summed E-state index contributed by atoms with van der Waals surface area (Å²) in [6, 6.07) is 0.874. The highest BCUT2D eigenvalue weighted by molar-refractivity contribution is 5.73. The van der Waals surface area contributed by atoms with Crippen LogP contribution in [-0.4, -0.2) is 29.7 Å². The molecule has 2 rings (SSSR count). The summed E-state index contributed by atoms with van der Waals surface area (Å²) in [7, 11) is 0. The molecule has 2 atom stereocenters. The van der Waals surface area contributed by atoms with Crippen molar-refractivity contribution in [3.63, 3.8) is 0 Å². The lowest BCUT2D eigenvalue weighted by molar-refractivity contribution is 0.0495. The molecule has 0 bridgehead atoms. The third-order valence-corrected chi connectivity index (χ3v) is 2.93. The Morgan fingerprint density at radius 2 is 2.33 bits per heavy atom. The van der Waals surface area contributed by atoms with E-state index in [0.717, 1.165) is 6.42 Å². The summed E-state index contributed by atoms with van der Waals surface area (Å²) in [6.45, 7) is 7.01. The van der Waals surface area contributed by atoms with Gasteiger partial charge in [0.1, 0.15) is 6.61 Å². The topological polar surface area (TPSA) is 29.3 Å². The van der Waals surface area contributed by atoms with Gasteiger partial charge >= 0.3 is 6.09 Å².